The first-order valence-corrected chi connectivity index (χ1v) is 11.7. The highest BCUT2D eigenvalue weighted by Gasteiger charge is 2.26. The van der Waals surface area contributed by atoms with E-state index in [1.54, 1.807) is 23.6 Å². The Hall–Kier alpha value is -1.79. The van der Waals surface area contributed by atoms with Crippen LogP contribution >= 0.6 is 27.7 Å². The Morgan fingerprint density at radius 1 is 1.00 bits per heavy atom. The van der Waals surface area contributed by atoms with E-state index in [1.807, 2.05) is 38.1 Å². The molecule has 0 saturated carbocycles. The maximum atomic E-state index is 13.0. The van der Waals surface area contributed by atoms with Crippen LogP contribution in [0.15, 0.2) is 53.0 Å². The molecule has 6 heteroatoms. The van der Waals surface area contributed by atoms with E-state index in [1.165, 1.54) is 11.1 Å². The lowest BCUT2D eigenvalue weighted by Gasteiger charge is -2.29. The summed E-state index contributed by atoms with van der Waals surface area (Å²) in [6.45, 7) is 8.10. The first-order chi connectivity index (χ1) is 13.8. The van der Waals surface area contributed by atoms with Crippen molar-refractivity contribution in [1.29, 1.82) is 0 Å². The van der Waals surface area contributed by atoms with Crippen LogP contribution in [0.4, 0.5) is 0 Å². The first kappa shape index (κ1) is 23.5. The van der Waals surface area contributed by atoms with E-state index in [9.17, 15) is 9.59 Å². The Kier molecular flexibility index (Phi) is 9.24. The second kappa shape index (κ2) is 11.4. The minimum Gasteiger partial charge on any atom is -0.352 e. The van der Waals surface area contributed by atoms with Crippen molar-refractivity contribution in [2.45, 2.75) is 52.1 Å². The number of aryl methyl sites for hydroxylation is 1. The lowest BCUT2D eigenvalue weighted by atomic mass is 10.1. The smallest absolute Gasteiger partial charge is 0.242 e. The van der Waals surface area contributed by atoms with E-state index >= 15 is 0 Å². The summed E-state index contributed by atoms with van der Waals surface area (Å²) in [6, 6.07) is 15.7. The Balaban J connectivity index is 2.05. The number of carbonyl (C=O) groups excluding carboxylic acids is 2. The van der Waals surface area contributed by atoms with Crippen LogP contribution in [0.3, 0.4) is 0 Å². The molecule has 0 radical (unpaired) electrons. The summed E-state index contributed by atoms with van der Waals surface area (Å²) in [5.41, 5.74) is 3.41. The molecular weight excluding hydrogens is 448 g/mol. The molecule has 2 aromatic rings. The topological polar surface area (TPSA) is 49.4 Å². The number of thioether (sulfide) groups is 1. The van der Waals surface area contributed by atoms with Gasteiger partial charge in [0, 0.05) is 22.8 Å². The fraction of sp³-hybridized carbons (Fsp3) is 0.391. The van der Waals surface area contributed by atoms with Crippen LogP contribution in [-0.4, -0.2) is 34.6 Å². The summed E-state index contributed by atoms with van der Waals surface area (Å²) in [5.74, 6) is 0.944. The van der Waals surface area contributed by atoms with Crippen LogP contribution < -0.4 is 5.32 Å². The zero-order chi connectivity index (χ0) is 21.4. The SMILES string of the molecule is Cc1ccc(CSCC(=O)N(Cc2ccc(Br)cc2)[C@H](C)C(=O)NC(C)C)cc1. The molecule has 0 unspecified atom stereocenters. The predicted molar refractivity (Wildman–Crippen MR) is 125 cm³/mol. The third kappa shape index (κ3) is 7.86. The maximum Gasteiger partial charge on any atom is 0.242 e. The molecule has 2 amide bonds. The van der Waals surface area contributed by atoms with Crippen molar-refractivity contribution < 1.29 is 9.59 Å². The van der Waals surface area contributed by atoms with Gasteiger partial charge < -0.3 is 10.2 Å². The molecule has 0 fully saturated rings. The molecule has 2 aromatic carbocycles. The largest absolute Gasteiger partial charge is 0.352 e. The average Bonchev–Trinajstić information content (AvgIpc) is 2.68. The lowest BCUT2D eigenvalue weighted by Crippen LogP contribution is -2.49. The van der Waals surface area contributed by atoms with Gasteiger partial charge in [-0.25, -0.2) is 0 Å². The van der Waals surface area contributed by atoms with Gasteiger partial charge in [0.05, 0.1) is 5.75 Å². The molecule has 0 bridgehead atoms. The number of nitrogens with zero attached hydrogens (tertiary/aromatic N) is 1. The molecule has 2 rings (SSSR count). The Morgan fingerprint density at radius 2 is 1.59 bits per heavy atom. The van der Waals surface area contributed by atoms with Gasteiger partial charge >= 0.3 is 0 Å². The van der Waals surface area contributed by atoms with Gasteiger partial charge in [0.15, 0.2) is 0 Å². The Morgan fingerprint density at radius 3 is 2.17 bits per heavy atom. The molecule has 0 aliphatic carbocycles. The minimum absolute atomic E-state index is 0.0311. The van der Waals surface area contributed by atoms with Crippen molar-refractivity contribution >= 4 is 39.5 Å². The van der Waals surface area contributed by atoms with Crippen LogP contribution in [0.2, 0.25) is 0 Å². The first-order valence-electron chi connectivity index (χ1n) is 9.74. The molecule has 1 atom stereocenters. The summed E-state index contributed by atoms with van der Waals surface area (Å²) in [5, 5.41) is 2.91. The van der Waals surface area contributed by atoms with Gasteiger partial charge in [-0.15, -0.1) is 11.8 Å². The van der Waals surface area contributed by atoms with Gasteiger partial charge in [0.25, 0.3) is 0 Å². The van der Waals surface area contributed by atoms with Crippen molar-refractivity contribution in [2.75, 3.05) is 5.75 Å². The summed E-state index contributed by atoms with van der Waals surface area (Å²) >= 11 is 5.01. The lowest BCUT2D eigenvalue weighted by molar-refractivity contribution is -0.138. The molecule has 0 aliphatic heterocycles. The fourth-order valence-electron chi connectivity index (χ4n) is 2.80. The molecule has 0 heterocycles. The third-order valence-electron chi connectivity index (χ3n) is 4.48. The number of carbonyl (C=O) groups is 2. The van der Waals surface area contributed by atoms with Crippen LogP contribution in [-0.2, 0) is 21.9 Å². The Bertz CT molecular complexity index is 807. The standard InChI is InChI=1S/C23H29BrN2O2S/c1-16(2)25-23(28)18(4)26(13-19-9-11-21(24)12-10-19)22(27)15-29-14-20-7-5-17(3)6-8-20/h5-12,16,18H,13-15H2,1-4H3,(H,25,28)/t18-/m1/s1. The summed E-state index contributed by atoms with van der Waals surface area (Å²) < 4.78 is 0.985. The second-order valence-corrected chi connectivity index (χ2v) is 9.37. The van der Waals surface area contributed by atoms with E-state index in [0.717, 1.165) is 15.8 Å². The fourth-order valence-corrected chi connectivity index (χ4v) is 3.93. The summed E-state index contributed by atoms with van der Waals surface area (Å²) in [7, 11) is 0. The van der Waals surface area contributed by atoms with Crippen molar-refractivity contribution in [3.8, 4) is 0 Å². The van der Waals surface area contributed by atoms with Gasteiger partial charge in [-0.2, -0.15) is 0 Å². The van der Waals surface area contributed by atoms with E-state index in [0.29, 0.717) is 12.3 Å². The number of rotatable bonds is 9. The predicted octanol–water partition coefficient (Wildman–Crippen LogP) is 4.93. The van der Waals surface area contributed by atoms with Gasteiger partial charge in [-0.05, 0) is 51.0 Å². The highest BCUT2D eigenvalue weighted by atomic mass is 79.9. The number of halogens is 1. The van der Waals surface area contributed by atoms with Gasteiger partial charge in [0.2, 0.25) is 11.8 Å². The molecule has 156 valence electrons. The molecule has 4 nitrogen and oxygen atoms in total. The minimum atomic E-state index is -0.534. The average molecular weight is 477 g/mol. The highest BCUT2D eigenvalue weighted by Crippen LogP contribution is 2.18. The molecule has 0 aromatic heterocycles. The number of amides is 2. The molecule has 0 aliphatic rings. The van der Waals surface area contributed by atoms with Crippen molar-refractivity contribution in [2.24, 2.45) is 0 Å². The van der Waals surface area contributed by atoms with E-state index in [4.69, 9.17) is 0 Å². The van der Waals surface area contributed by atoms with Crippen molar-refractivity contribution in [3.63, 3.8) is 0 Å². The van der Waals surface area contributed by atoms with Crippen molar-refractivity contribution in [3.05, 3.63) is 69.7 Å². The van der Waals surface area contributed by atoms with Crippen LogP contribution in [0.5, 0.6) is 0 Å². The second-order valence-electron chi connectivity index (χ2n) is 7.47. The van der Waals surface area contributed by atoms with Crippen molar-refractivity contribution in [1.82, 2.24) is 10.2 Å². The third-order valence-corrected chi connectivity index (χ3v) is 6.00. The zero-order valence-corrected chi connectivity index (χ0v) is 19.8. The highest BCUT2D eigenvalue weighted by molar-refractivity contribution is 9.10. The van der Waals surface area contributed by atoms with Crippen LogP contribution in [0.25, 0.3) is 0 Å². The zero-order valence-electron chi connectivity index (χ0n) is 17.4. The van der Waals surface area contributed by atoms with Crippen LogP contribution in [0.1, 0.15) is 37.5 Å². The quantitative estimate of drug-likeness (QED) is 0.557. The number of nitrogens with one attached hydrogen (secondary N) is 1. The molecule has 0 spiro atoms. The Labute approximate surface area is 186 Å². The normalized spacial score (nSPS) is 11.9. The summed E-state index contributed by atoms with van der Waals surface area (Å²) in [6.07, 6.45) is 0. The molecule has 0 saturated heterocycles. The van der Waals surface area contributed by atoms with Crippen LogP contribution in [0, 0.1) is 6.92 Å². The molecule has 29 heavy (non-hydrogen) atoms. The van der Waals surface area contributed by atoms with Gasteiger partial charge in [-0.1, -0.05) is 57.9 Å². The summed E-state index contributed by atoms with van der Waals surface area (Å²) in [4.78, 5) is 27.2. The molecular formula is C23H29BrN2O2S. The maximum absolute atomic E-state index is 13.0. The number of benzene rings is 2. The van der Waals surface area contributed by atoms with Gasteiger partial charge in [-0.3, -0.25) is 9.59 Å². The van der Waals surface area contributed by atoms with Gasteiger partial charge in [0.1, 0.15) is 6.04 Å². The number of hydrogen-bond donors (Lipinski definition) is 1. The monoisotopic (exact) mass is 476 g/mol. The molecule has 1 N–H and O–H groups in total. The van der Waals surface area contributed by atoms with E-state index in [-0.39, 0.29) is 17.9 Å². The number of hydrogen-bond acceptors (Lipinski definition) is 3. The van der Waals surface area contributed by atoms with E-state index in [2.05, 4.69) is 52.4 Å². The van der Waals surface area contributed by atoms with E-state index < -0.39 is 6.04 Å².